The van der Waals surface area contributed by atoms with Crippen molar-refractivity contribution in [3.8, 4) is 0 Å². The third kappa shape index (κ3) is 4.86. The van der Waals surface area contributed by atoms with Crippen LogP contribution in [0.5, 0.6) is 0 Å². The maximum Gasteiger partial charge on any atom is 0.207 e. The number of aryl methyl sites for hydroxylation is 2. The summed E-state index contributed by atoms with van der Waals surface area (Å²) in [5.41, 5.74) is 12.0. The van der Waals surface area contributed by atoms with E-state index in [0.29, 0.717) is 49.1 Å². The molecule has 0 saturated heterocycles. The highest BCUT2D eigenvalue weighted by molar-refractivity contribution is 6.36. The summed E-state index contributed by atoms with van der Waals surface area (Å²) in [6.45, 7) is 3.55. The zero-order valence-electron chi connectivity index (χ0n) is 16.6. The number of benzene rings is 2. The van der Waals surface area contributed by atoms with Crippen molar-refractivity contribution in [2.75, 3.05) is 25.5 Å². The first-order chi connectivity index (χ1) is 13.9. The van der Waals surface area contributed by atoms with Crippen molar-refractivity contribution in [1.82, 2.24) is 9.88 Å². The lowest BCUT2D eigenvalue weighted by Gasteiger charge is -2.13. The van der Waals surface area contributed by atoms with Crippen LogP contribution in [0.1, 0.15) is 22.4 Å². The molecule has 2 aromatic carbocycles. The number of amides is 1. The first-order valence-electron chi connectivity index (χ1n) is 9.47. The molecule has 0 unspecified atom stereocenters. The second-order valence-electron chi connectivity index (χ2n) is 7.08. The van der Waals surface area contributed by atoms with Crippen LogP contribution in [0.25, 0.3) is 10.9 Å². The fourth-order valence-electron chi connectivity index (χ4n) is 3.52. The van der Waals surface area contributed by atoms with Crippen LogP contribution in [0.15, 0.2) is 30.3 Å². The first kappa shape index (κ1) is 21.5. The average Bonchev–Trinajstić information content (AvgIpc) is 2.99. The van der Waals surface area contributed by atoms with Crippen molar-refractivity contribution in [2.24, 2.45) is 7.05 Å². The number of fused-ring (bicyclic) bond motifs is 1. The maximum atomic E-state index is 10.2. The Morgan fingerprint density at radius 1 is 1.21 bits per heavy atom. The van der Waals surface area contributed by atoms with Gasteiger partial charge in [0.1, 0.15) is 0 Å². The highest BCUT2D eigenvalue weighted by Gasteiger charge is 2.15. The Morgan fingerprint density at radius 3 is 2.76 bits per heavy atom. The number of nitrogens with zero attached hydrogens (tertiary/aromatic N) is 1. The van der Waals surface area contributed by atoms with Gasteiger partial charge in [0, 0.05) is 46.8 Å². The monoisotopic (exact) mass is 433 g/mol. The van der Waals surface area contributed by atoms with Crippen molar-refractivity contribution in [3.05, 3.63) is 62.8 Å². The van der Waals surface area contributed by atoms with E-state index in [9.17, 15) is 4.79 Å². The molecule has 0 fully saturated rings. The van der Waals surface area contributed by atoms with Gasteiger partial charge in [-0.15, -0.1) is 0 Å². The van der Waals surface area contributed by atoms with Gasteiger partial charge >= 0.3 is 0 Å². The number of halogens is 2. The SMILES string of the molecule is Cc1cc(N)cc2c1cc(Cc1c(Cl)ccc(CCOCCNC=O)c1Cl)n2C. The molecule has 3 N–H and O–H groups in total. The number of carbonyl (C=O) groups excluding carboxylic acids is 1. The summed E-state index contributed by atoms with van der Waals surface area (Å²) in [6.07, 6.45) is 1.96. The Hall–Kier alpha value is -2.21. The fraction of sp³-hybridized carbons (Fsp3) is 0.318. The Balaban J connectivity index is 1.80. The van der Waals surface area contributed by atoms with E-state index in [0.717, 1.165) is 33.6 Å². The molecule has 1 heterocycles. The number of nitrogen functional groups attached to an aromatic ring is 1. The molecule has 1 aromatic heterocycles. The second kappa shape index (κ2) is 9.53. The van der Waals surface area contributed by atoms with Crippen molar-refractivity contribution in [1.29, 1.82) is 0 Å². The Labute approximate surface area is 180 Å². The van der Waals surface area contributed by atoms with Gasteiger partial charge in [0.15, 0.2) is 0 Å². The van der Waals surface area contributed by atoms with Crippen molar-refractivity contribution >= 4 is 46.2 Å². The normalized spacial score (nSPS) is 11.2. The van der Waals surface area contributed by atoms with E-state index in [2.05, 4.69) is 22.9 Å². The second-order valence-corrected chi connectivity index (χ2v) is 7.86. The standard InChI is InChI=1S/C22H25Cl2N3O2/c1-14-9-16(25)10-21-18(14)11-17(27(21)2)12-19-20(23)4-3-15(22(19)24)5-7-29-8-6-26-13-28/h3-4,9-11,13H,5-8,12,25H2,1-2H3,(H,26,28). The summed E-state index contributed by atoms with van der Waals surface area (Å²) >= 11 is 13.2. The molecule has 0 saturated carbocycles. The lowest BCUT2D eigenvalue weighted by molar-refractivity contribution is -0.109. The molecule has 0 atom stereocenters. The number of rotatable bonds is 9. The predicted molar refractivity (Wildman–Crippen MR) is 120 cm³/mol. The number of anilines is 1. The maximum absolute atomic E-state index is 10.2. The number of ether oxygens (including phenoxy) is 1. The van der Waals surface area contributed by atoms with E-state index in [1.54, 1.807) is 0 Å². The predicted octanol–water partition coefficient (Wildman–Crippen LogP) is 4.27. The Morgan fingerprint density at radius 2 is 2.00 bits per heavy atom. The van der Waals surface area contributed by atoms with Crippen LogP contribution < -0.4 is 11.1 Å². The van der Waals surface area contributed by atoms with Gasteiger partial charge < -0.3 is 20.4 Å². The number of hydrogen-bond acceptors (Lipinski definition) is 3. The van der Waals surface area contributed by atoms with Gasteiger partial charge in [-0.05, 0) is 54.3 Å². The van der Waals surface area contributed by atoms with Crippen LogP contribution >= 0.6 is 23.2 Å². The van der Waals surface area contributed by atoms with E-state index in [1.807, 2.05) is 31.3 Å². The van der Waals surface area contributed by atoms with Crippen molar-refractivity contribution in [3.63, 3.8) is 0 Å². The third-order valence-corrected chi connectivity index (χ3v) is 5.93. The molecule has 0 aliphatic rings. The van der Waals surface area contributed by atoms with Gasteiger partial charge in [-0.25, -0.2) is 0 Å². The molecule has 5 nitrogen and oxygen atoms in total. The molecule has 0 aliphatic heterocycles. The Kier molecular flexibility index (Phi) is 7.06. The number of nitrogens with two attached hydrogens (primary N) is 1. The summed E-state index contributed by atoms with van der Waals surface area (Å²) < 4.78 is 7.68. The molecule has 3 aromatic rings. The minimum Gasteiger partial charge on any atom is -0.399 e. The quantitative estimate of drug-likeness (QED) is 0.300. The van der Waals surface area contributed by atoms with Crippen LogP contribution in [0.3, 0.4) is 0 Å². The van der Waals surface area contributed by atoms with Gasteiger partial charge in [0.05, 0.1) is 18.7 Å². The molecular weight excluding hydrogens is 409 g/mol. The summed E-state index contributed by atoms with van der Waals surface area (Å²) in [7, 11) is 2.03. The summed E-state index contributed by atoms with van der Waals surface area (Å²) in [6, 6.07) is 9.97. The van der Waals surface area contributed by atoms with E-state index in [1.165, 1.54) is 5.39 Å². The molecule has 3 rings (SSSR count). The van der Waals surface area contributed by atoms with Crippen LogP contribution in [-0.4, -0.2) is 30.7 Å². The number of aromatic nitrogens is 1. The van der Waals surface area contributed by atoms with Crippen LogP contribution in [0.4, 0.5) is 5.69 Å². The average molecular weight is 434 g/mol. The molecule has 1 amide bonds. The summed E-state index contributed by atoms with van der Waals surface area (Å²) in [5, 5.41) is 5.07. The smallest absolute Gasteiger partial charge is 0.207 e. The minimum atomic E-state index is 0.467. The largest absolute Gasteiger partial charge is 0.399 e. The number of carbonyl (C=O) groups is 1. The molecule has 7 heteroatoms. The van der Waals surface area contributed by atoms with Gasteiger partial charge in [0.25, 0.3) is 0 Å². The van der Waals surface area contributed by atoms with Crippen molar-refractivity contribution < 1.29 is 9.53 Å². The summed E-state index contributed by atoms with van der Waals surface area (Å²) in [5.74, 6) is 0. The topological polar surface area (TPSA) is 69.3 Å². The highest BCUT2D eigenvalue weighted by Crippen LogP contribution is 2.33. The number of nitrogens with one attached hydrogen (secondary N) is 1. The molecule has 0 aliphatic carbocycles. The zero-order valence-corrected chi connectivity index (χ0v) is 18.1. The molecule has 154 valence electrons. The van der Waals surface area contributed by atoms with Crippen LogP contribution in [-0.2, 0) is 29.4 Å². The van der Waals surface area contributed by atoms with Crippen LogP contribution in [0.2, 0.25) is 10.0 Å². The molecule has 29 heavy (non-hydrogen) atoms. The van der Waals surface area contributed by atoms with E-state index >= 15 is 0 Å². The van der Waals surface area contributed by atoms with Gasteiger partial charge in [-0.3, -0.25) is 4.79 Å². The number of hydrogen-bond donors (Lipinski definition) is 2. The first-order valence-corrected chi connectivity index (χ1v) is 10.2. The van der Waals surface area contributed by atoms with Gasteiger partial charge in [-0.1, -0.05) is 29.3 Å². The molecular formula is C22H25Cl2N3O2. The highest BCUT2D eigenvalue weighted by atomic mass is 35.5. The lowest BCUT2D eigenvalue weighted by Crippen LogP contribution is -2.18. The minimum absolute atomic E-state index is 0.467. The van der Waals surface area contributed by atoms with E-state index < -0.39 is 0 Å². The van der Waals surface area contributed by atoms with Crippen molar-refractivity contribution in [2.45, 2.75) is 19.8 Å². The zero-order chi connectivity index (χ0) is 21.0. The molecule has 0 radical (unpaired) electrons. The van der Waals surface area contributed by atoms with Crippen LogP contribution in [0, 0.1) is 6.92 Å². The van der Waals surface area contributed by atoms with E-state index in [-0.39, 0.29) is 0 Å². The van der Waals surface area contributed by atoms with Gasteiger partial charge in [-0.2, -0.15) is 0 Å². The third-order valence-electron chi connectivity index (χ3n) is 5.10. The molecule has 0 bridgehead atoms. The molecule has 0 spiro atoms. The fourth-order valence-corrected chi connectivity index (χ4v) is 4.12. The lowest BCUT2D eigenvalue weighted by atomic mass is 10.0. The Bertz CT molecular complexity index is 1030. The van der Waals surface area contributed by atoms with Gasteiger partial charge in [0.2, 0.25) is 6.41 Å². The summed E-state index contributed by atoms with van der Waals surface area (Å²) in [4.78, 5) is 10.2. The van der Waals surface area contributed by atoms with E-state index in [4.69, 9.17) is 33.7 Å².